The molecule has 2 rings (SSSR count). The summed E-state index contributed by atoms with van der Waals surface area (Å²) in [6.45, 7) is 6.63. The van der Waals surface area contributed by atoms with Crippen LogP contribution in [-0.2, 0) is 9.53 Å². The lowest BCUT2D eigenvalue weighted by molar-refractivity contribution is -0.944. The standard InChI is InChI=1S/C18H31N4O3S/c1-4-5-6-7-11-24-18-17(20-26-21-18)15-9-8-10-22(3,13-15)14(2)25-16(23)12-19/h9,14H,4-8,10-13,19H2,1-3H3/q+1/p+1/t14-,22?/m0/s1. The number of esters is 1. The fraction of sp³-hybridized carbons (Fsp3) is 0.722. The van der Waals surface area contributed by atoms with Crippen LogP contribution in [0.2, 0.25) is 0 Å². The molecule has 0 radical (unpaired) electrons. The molecule has 0 spiro atoms. The van der Waals surface area contributed by atoms with E-state index in [2.05, 4.69) is 34.5 Å². The highest BCUT2D eigenvalue weighted by atomic mass is 32.1. The normalized spacial score (nSPS) is 21.2. The first-order valence-corrected chi connectivity index (χ1v) is 10.2. The molecule has 0 fully saturated rings. The number of quaternary nitrogens is 2. The maximum absolute atomic E-state index is 11.6. The molecule has 8 heteroatoms. The molecule has 0 amide bonds. The van der Waals surface area contributed by atoms with Crippen LogP contribution in [0.25, 0.3) is 5.57 Å². The van der Waals surface area contributed by atoms with E-state index in [9.17, 15) is 4.79 Å². The smallest absolute Gasteiger partial charge is 0.366 e. The number of hydrogen-bond acceptors (Lipinski definition) is 6. The zero-order valence-electron chi connectivity index (χ0n) is 16.2. The highest BCUT2D eigenvalue weighted by Gasteiger charge is 2.36. The third-order valence-corrected chi connectivity index (χ3v) is 5.46. The Morgan fingerprint density at radius 2 is 2.19 bits per heavy atom. The molecule has 1 aromatic heterocycles. The number of hydrogen-bond donors (Lipinski definition) is 1. The van der Waals surface area contributed by atoms with Gasteiger partial charge in [-0.15, -0.1) is 4.37 Å². The molecule has 1 unspecified atom stereocenters. The molecule has 2 atom stereocenters. The number of ether oxygens (including phenoxy) is 2. The Hall–Kier alpha value is -1.51. The summed E-state index contributed by atoms with van der Waals surface area (Å²) >= 11 is 1.18. The summed E-state index contributed by atoms with van der Waals surface area (Å²) in [5.74, 6) is 0.369. The Morgan fingerprint density at radius 3 is 2.92 bits per heavy atom. The molecule has 7 nitrogen and oxygen atoms in total. The van der Waals surface area contributed by atoms with Crippen molar-refractivity contribution < 1.29 is 24.5 Å². The molecular weight excluding hydrogens is 352 g/mol. The molecule has 3 N–H and O–H groups in total. The fourth-order valence-electron chi connectivity index (χ4n) is 3.09. The minimum Gasteiger partial charge on any atom is -0.475 e. The fourth-order valence-corrected chi connectivity index (χ4v) is 3.62. The number of carbonyl (C=O) groups excluding carboxylic acids is 1. The minimum absolute atomic E-state index is 0.152. The van der Waals surface area contributed by atoms with Crippen molar-refractivity contribution in [1.29, 1.82) is 0 Å². The van der Waals surface area contributed by atoms with Gasteiger partial charge in [0.1, 0.15) is 12.2 Å². The molecule has 1 aliphatic heterocycles. The van der Waals surface area contributed by atoms with Crippen LogP contribution in [-0.4, -0.2) is 58.7 Å². The molecular formula is C18H32N4O3S+2. The zero-order valence-corrected chi connectivity index (χ0v) is 17.0. The molecule has 0 aliphatic carbocycles. The van der Waals surface area contributed by atoms with E-state index in [1.54, 1.807) is 0 Å². The maximum atomic E-state index is 11.6. The molecule has 146 valence electrons. The third kappa shape index (κ3) is 5.49. The molecule has 0 saturated heterocycles. The summed E-state index contributed by atoms with van der Waals surface area (Å²) in [6.07, 6.45) is 7.55. The first-order valence-electron chi connectivity index (χ1n) is 9.48. The molecule has 26 heavy (non-hydrogen) atoms. The highest BCUT2D eigenvalue weighted by Crippen LogP contribution is 2.31. The monoisotopic (exact) mass is 384 g/mol. The van der Waals surface area contributed by atoms with E-state index in [1.807, 2.05) is 6.92 Å². The van der Waals surface area contributed by atoms with Crippen molar-refractivity contribution in [1.82, 2.24) is 8.75 Å². The Morgan fingerprint density at radius 1 is 1.38 bits per heavy atom. The van der Waals surface area contributed by atoms with Crippen molar-refractivity contribution in [2.24, 2.45) is 0 Å². The summed E-state index contributed by atoms with van der Waals surface area (Å²) in [6, 6.07) is 0. The van der Waals surface area contributed by atoms with Crippen LogP contribution >= 0.6 is 11.7 Å². The van der Waals surface area contributed by atoms with Gasteiger partial charge < -0.3 is 15.2 Å². The SMILES string of the molecule is CCCCCCOc1nsnc1C1=CCC[N+](C)([C@H](C)OC(=O)C[NH3+])C1. The van der Waals surface area contributed by atoms with Gasteiger partial charge in [-0.05, 0) is 6.42 Å². The second kappa shape index (κ2) is 9.99. The molecule has 1 aromatic rings. The molecule has 0 saturated carbocycles. The average molecular weight is 385 g/mol. The van der Waals surface area contributed by atoms with Crippen molar-refractivity contribution in [3.05, 3.63) is 11.8 Å². The molecule has 2 heterocycles. The van der Waals surface area contributed by atoms with Gasteiger partial charge in [0.15, 0.2) is 6.54 Å². The third-order valence-electron chi connectivity index (χ3n) is 4.95. The van der Waals surface area contributed by atoms with Gasteiger partial charge >= 0.3 is 5.97 Å². The van der Waals surface area contributed by atoms with Gasteiger partial charge in [-0.1, -0.05) is 32.3 Å². The molecule has 1 aliphatic rings. The van der Waals surface area contributed by atoms with E-state index < -0.39 is 0 Å². The summed E-state index contributed by atoms with van der Waals surface area (Å²) < 4.78 is 20.8. The minimum atomic E-state index is -0.264. The number of unbranched alkanes of at least 4 members (excludes halogenated alkanes) is 3. The second-order valence-electron chi connectivity index (χ2n) is 7.05. The Bertz CT molecular complexity index is 619. The number of nitrogens with zero attached hydrogens (tertiary/aromatic N) is 3. The van der Waals surface area contributed by atoms with E-state index in [1.165, 1.54) is 31.0 Å². The molecule has 0 bridgehead atoms. The first-order chi connectivity index (χ1) is 12.5. The lowest BCUT2D eigenvalue weighted by Gasteiger charge is -2.41. The predicted octanol–water partition coefficient (Wildman–Crippen LogP) is 1.86. The van der Waals surface area contributed by atoms with E-state index in [-0.39, 0.29) is 18.7 Å². The van der Waals surface area contributed by atoms with Gasteiger partial charge in [0, 0.05) is 18.9 Å². The van der Waals surface area contributed by atoms with Crippen LogP contribution < -0.4 is 10.5 Å². The maximum Gasteiger partial charge on any atom is 0.366 e. The lowest BCUT2D eigenvalue weighted by Crippen LogP contribution is -2.59. The van der Waals surface area contributed by atoms with E-state index in [0.717, 1.165) is 37.2 Å². The number of rotatable bonds is 10. The van der Waals surface area contributed by atoms with E-state index in [0.29, 0.717) is 17.0 Å². The van der Waals surface area contributed by atoms with Crippen molar-refractivity contribution in [2.75, 3.05) is 33.3 Å². The van der Waals surface area contributed by atoms with Crippen molar-refractivity contribution in [3.8, 4) is 5.88 Å². The summed E-state index contributed by atoms with van der Waals surface area (Å²) in [4.78, 5) is 11.6. The summed E-state index contributed by atoms with van der Waals surface area (Å²) in [5.41, 5.74) is 5.55. The Kier molecular flexibility index (Phi) is 7.99. The number of aromatic nitrogens is 2. The van der Waals surface area contributed by atoms with Gasteiger partial charge in [0.05, 0.1) is 31.9 Å². The van der Waals surface area contributed by atoms with Crippen LogP contribution in [0, 0.1) is 0 Å². The van der Waals surface area contributed by atoms with Crippen LogP contribution in [0.4, 0.5) is 0 Å². The van der Waals surface area contributed by atoms with Gasteiger partial charge in [-0.25, -0.2) is 4.79 Å². The number of likely N-dealkylation sites (N-methyl/N-ethyl adjacent to an activating group) is 1. The van der Waals surface area contributed by atoms with Crippen LogP contribution in [0.15, 0.2) is 6.08 Å². The average Bonchev–Trinajstić information content (AvgIpc) is 3.10. The summed E-state index contributed by atoms with van der Waals surface area (Å²) in [7, 11) is 2.11. The van der Waals surface area contributed by atoms with Crippen LogP contribution in [0.3, 0.4) is 0 Å². The largest absolute Gasteiger partial charge is 0.475 e. The first kappa shape index (κ1) is 20.8. The number of carbonyl (C=O) groups is 1. The van der Waals surface area contributed by atoms with E-state index in [4.69, 9.17) is 9.47 Å². The second-order valence-corrected chi connectivity index (χ2v) is 7.57. The van der Waals surface area contributed by atoms with Crippen LogP contribution in [0.1, 0.15) is 51.6 Å². The topological polar surface area (TPSA) is 89.0 Å². The van der Waals surface area contributed by atoms with Crippen molar-refractivity contribution in [2.45, 2.75) is 52.2 Å². The van der Waals surface area contributed by atoms with Gasteiger partial charge in [-0.2, -0.15) is 4.37 Å². The van der Waals surface area contributed by atoms with Gasteiger partial charge in [0.2, 0.25) is 6.23 Å². The Labute approximate surface area is 160 Å². The van der Waals surface area contributed by atoms with Gasteiger partial charge in [-0.3, -0.25) is 4.48 Å². The highest BCUT2D eigenvalue weighted by molar-refractivity contribution is 6.99. The van der Waals surface area contributed by atoms with Crippen LogP contribution in [0.5, 0.6) is 5.88 Å². The van der Waals surface area contributed by atoms with Gasteiger partial charge in [0.25, 0.3) is 5.88 Å². The van der Waals surface area contributed by atoms with Crippen molar-refractivity contribution >= 4 is 23.3 Å². The zero-order chi connectivity index (χ0) is 19.0. The lowest BCUT2D eigenvalue weighted by atomic mass is 10.0. The summed E-state index contributed by atoms with van der Waals surface area (Å²) in [5, 5.41) is 0. The Balaban J connectivity index is 2.00. The predicted molar refractivity (Wildman–Crippen MR) is 101 cm³/mol. The molecule has 0 aromatic carbocycles. The quantitative estimate of drug-likeness (QED) is 0.378. The van der Waals surface area contributed by atoms with E-state index >= 15 is 0 Å². The van der Waals surface area contributed by atoms with Crippen molar-refractivity contribution in [3.63, 3.8) is 0 Å².